The normalized spacial score (nSPS) is 16.0. The van der Waals surface area contributed by atoms with Crippen LogP contribution >= 0.6 is 0 Å². The first-order chi connectivity index (χ1) is 14.9. The van der Waals surface area contributed by atoms with E-state index in [2.05, 4.69) is 41.3 Å². The molecular weight excluding hydrogens is 389 g/mol. The molecule has 1 saturated heterocycles. The van der Waals surface area contributed by atoms with Crippen molar-refractivity contribution in [3.63, 3.8) is 0 Å². The monoisotopic (exact) mass is 417 g/mol. The summed E-state index contributed by atoms with van der Waals surface area (Å²) in [5.74, 6) is -0.404. The third kappa shape index (κ3) is 4.78. The van der Waals surface area contributed by atoms with Gasteiger partial charge in [-0.3, -0.25) is 4.79 Å². The van der Waals surface area contributed by atoms with Gasteiger partial charge in [-0.1, -0.05) is 24.3 Å². The molecule has 1 heterocycles. The minimum absolute atomic E-state index is 0.143. The predicted octanol–water partition coefficient (Wildman–Crippen LogP) is 5.19. The Hall–Kier alpha value is -3.18. The van der Waals surface area contributed by atoms with E-state index in [0.29, 0.717) is 11.6 Å². The zero-order valence-electron chi connectivity index (χ0n) is 18.2. The van der Waals surface area contributed by atoms with E-state index in [-0.39, 0.29) is 11.7 Å². The van der Waals surface area contributed by atoms with Crippen LogP contribution in [0.3, 0.4) is 0 Å². The summed E-state index contributed by atoms with van der Waals surface area (Å²) in [4.78, 5) is 17.4. The summed E-state index contributed by atoms with van der Waals surface area (Å²) in [6.07, 6.45) is 1.17. The highest BCUT2D eigenvalue weighted by atomic mass is 19.1. The van der Waals surface area contributed by atoms with Gasteiger partial charge in [0.05, 0.1) is 0 Å². The molecule has 1 aliphatic rings. The minimum atomic E-state index is -0.261. The van der Waals surface area contributed by atoms with Crippen molar-refractivity contribution in [3.05, 3.63) is 83.7 Å². The molecule has 1 N–H and O–H groups in total. The molecule has 0 spiro atoms. The molecule has 4 rings (SSSR count). The molecule has 0 aromatic heterocycles. The zero-order chi connectivity index (χ0) is 22.0. The molecule has 4 nitrogen and oxygen atoms in total. The summed E-state index contributed by atoms with van der Waals surface area (Å²) >= 11 is 0. The lowest BCUT2D eigenvalue weighted by Gasteiger charge is -2.22. The molecule has 3 aromatic rings. The number of carbonyl (C=O) groups excluding carboxylic acids is 1. The highest BCUT2D eigenvalue weighted by Crippen LogP contribution is 2.27. The standard InChI is InChI=1S/C26H28FN3O/c1-18-16-23(30-15-14-24(17-30)29(2)3)12-13-25(18)28-26(31)21-6-4-19(5-7-21)20-8-10-22(27)11-9-20/h4-13,16,24H,14-15,17H2,1-3H3,(H,28,31). The number of likely N-dealkylation sites (N-methyl/N-ethyl adjacent to an activating group) is 1. The minimum Gasteiger partial charge on any atom is -0.370 e. The van der Waals surface area contributed by atoms with Crippen molar-refractivity contribution in [1.82, 2.24) is 4.90 Å². The average Bonchev–Trinajstić information content (AvgIpc) is 3.26. The Morgan fingerprint density at radius 3 is 2.23 bits per heavy atom. The number of carbonyl (C=O) groups is 1. The summed E-state index contributed by atoms with van der Waals surface area (Å²) < 4.78 is 13.1. The molecule has 3 aromatic carbocycles. The second-order valence-corrected chi connectivity index (χ2v) is 8.39. The van der Waals surface area contributed by atoms with E-state index in [1.807, 2.05) is 25.1 Å². The van der Waals surface area contributed by atoms with Gasteiger partial charge in [-0.2, -0.15) is 0 Å². The van der Waals surface area contributed by atoms with Crippen molar-refractivity contribution >= 4 is 17.3 Å². The quantitative estimate of drug-likeness (QED) is 0.620. The van der Waals surface area contributed by atoms with Crippen molar-refractivity contribution < 1.29 is 9.18 Å². The fourth-order valence-corrected chi connectivity index (χ4v) is 4.03. The molecule has 0 bridgehead atoms. The van der Waals surface area contributed by atoms with Crippen LogP contribution in [0.25, 0.3) is 11.1 Å². The van der Waals surface area contributed by atoms with Gasteiger partial charge in [0.15, 0.2) is 0 Å². The van der Waals surface area contributed by atoms with E-state index < -0.39 is 0 Å². The van der Waals surface area contributed by atoms with E-state index in [1.54, 1.807) is 24.3 Å². The number of anilines is 2. The van der Waals surface area contributed by atoms with Gasteiger partial charge in [0.1, 0.15) is 5.82 Å². The van der Waals surface area contributed by atoms with Gasteiger partial charge in [-0.15, -0.1) is 0 Å². The van der Waals surface area contributed by atoms with E-state index in [9.17, 15) is 9.18 Å². The van der Waals surface area contributed by atoms with Gasteiger partial charge in [0, 0.05) is 36.1 Å². The zero-order valence-corrected chi connectivity index (χ0v) is 18.2. The SMILES string of the molecule is Cc1cc(N2CCC(N(C)C)C2)ccc1NC(=O)c1ccc(-c2ccc(F)cc2)cc1. The Balaban J connectivity index is 1.43. The smallest absolute Gasteiger partial charge is 0.255 e. The van der Waals surface area contributed by atoms with Crippen LogP contribution < -0.4 is 10.2 Å². The lowest BCUT2D eigenvalue weighted by atomic mass is 10.0. The van der Waals surface area contributed by atoms with Gasteiger partial charge in [0.2, 0.25) is 0 Å². The maximum atomic E-state index is 13.1. The maximum Gasteiger partial charge on any atom is 0.255 e. The van der Waals surface area contributed by atoms with Gasteiger partial charge < -0.3 is 15.1 Å². The van der Waals surface area contributed by atoms with Crippen LogP contribution in [0.4, 0.5) is 15.8 Å². The van der Waals surface area contributed by atoms with Crippen molar-refractivity contribution in [1.29, 1.82) is 0 Å². The van der Waals surface area contributed by atoms with Crippen molar-refractivity contribution in [2.24, 2.45) is 0 Å². The molecule has 1 aliphatic heterocycles. The number of amides is 1. The highest BCUT2D eigenvalue weighted by molar-refractivity contribution is 6.05. The third-order valence-electron chi connectivity index (χ3n) is 6.04. The van der Waals surface area contributed by atoms with Crippen LogP contribution in [0.2, 0.25) is 0 Å². The van der Waals surface area contributed by atoms with Gasteiger partial charge >= 0.3 is 0 Å². The third-order valence-corrected chi connectivity index (χ3v) is 6.04. The molecule has 0 aliphatic carbocycles. The van der Waals surface area contributed by atoms with Crippen molar-refractivity contribution in [2.75, 3.05) is 37.4 Å². The van der Waals surface area contributed by atoms with E-state index in [0.717, 1.165) is 35.5 Å². The van der Waals surface area contributed by atoms with Gasteiger partial charge in [-0.25, -0.2) is 4.39 Å². The van der Waals surface area contributed by atoms with Crippen molar-refractivity contribution in [2.45, 2.75) is 19.4 Å². The number of hydrogen-bond acceptors (Lipinski definition) is 3. The molecular formula is C26H28FN3O. The Kier molecular flexibility index (Phi) is 6.05. The van der Waals surface area contributed by atoms with Gasteiger partial charge in [-0.05, 0) is 86.6 Å². The molecule has 1 fully saturated rings. The Bertz CT molecular complexity index is 1060. The number of aryl methyl sites for hydroxylation is 1. The van der Waals surface area contributed by atoms with Crippen LogP contribution in [-0.2, 0) is 0 Å². The summed E-state index contributed by atoms with van der Waals surface area (Å²) in [6, 6.07) is 20.5. The van der Waals surface area contributed by atoms with Crippen LogP contribution in [-0.4, -0.2) is 44.0 Å². The number of nitrogens with zero attached hydrogens (tertiary/aromatic N) is 2. The molecule has 1 amide bonds. The topological polar surface area (TPSA) is 35.6 Å². The molecule has 0 radical (unpaired) electrons. The molecule has 1 atom stereocenters. The highest BCUT2D eigenvalue weighted by Gasteiger charge is 2.24. The number of nitrogens with one attached hydrogen (secondary N) is 1. The molecule has 5 heteroatoms. The summed E-state index contributed by atoms with van der Waals surface area (Å²) in [7, 11) is 4.26. The first-order valence-corrected chi connectivity index (χ1v) is 10.6. The second kappa shape index (κ2) is 8.90. The molecule has 0 saturated carbocycles. The number of rotatable bonds is 5. The molecule has 160 valence electrons. The summed E-state index contributed by atoms with van der Waals surface area (Å²) in [5, 5.41) is 3.02. The lowest BCUT2D eigenvalue weighted by molar-refractivity contribution is 0.102. The summed E-state index contributed by atoms with van der Waals surface area (Å²) in [6.45, 7) is 4.10. The fraction of sp³-hybridized carbons (Fsp3) is 0.269. The first-order valence-electron chi connectivity index (χ1n) is 10.6. The van der Waals surface area contributed by atoms with E-state index in [1.165, 1.54) is 24.2 Å². The summed E-state index contributed by atoms with van der Waals surface area (Å²) in [5.41, 5.74) is 5.50. The van der Waals surface area contributed by atoms with E-state index in [4.69, 9.17) is 0 Å². The van der Waals surface area contributed by atoms with Gasteiger partial charge in [0.25, 0.3) is 5.91 Å². The predicted molar refractivity (Wildman–Crippen MR) is 125 cm³/mol. The first kappa shape index (κ1) is 21.1. The number of halogens is 1. The van der Waals surface area contributed by atoms with Crippen LogP contribution in [0, 0.1) is 12.7 Å². The Morgan fingerprint density at radius 2 is 1.65 bits per heavy atom. The second-order valence-electron chi connectivity index (χ2n) is 8.39. The largest absolute Gasteiger partial charge is 0.370 e. The number of benzene rings is 3. The maximum absolute atomic E-state index is 13.1. The van der Waals surface area contributed by atoms with Crippen LogP contribution in [0.1, 0.15) is 22.3 Å². The Morgan fingerprint density at radius 1 is 1.00 bits per heavy atom. The average molecular weight is 418 g/mol. The molecule has 1 unspecified atom stereocenters. The number of hydrogen-bond donors (Lipinski definition) is 1. The van der Waals surface area contributed by atoms with Crippen LogP contribution in [0.15, 0.2) is 66.7 Å². The van der Waals surface area contributed by atoms with Crippen LogP contribution in [0.5, 0.6) is 0 Å². The van der Waals surface area contributed by atoms with Crippen molar-refractivity contribution in [3.8, 4) is 11.1 Å². The van der Waals surface area contributed by atoms with E-state index >= 15 is 0 Å². The fourth-order valence-electron chi connectivity index (χ4n) is 4.03. The Labute approximate surface area is 183 Å². The molecule has 31 heavy (non-hydrogen) atoms. The lowest BCUT2D eigenvalue weighted by Crippen LogP contribution is -2.31.